The zero-order chi connectivity index (χ0) is 16.1. The van der Waals surface area contributed by atoms with E-state index < -0.39 is 13.5 Å². The molecule has 3 atom stereocenters. The summed E-state index contributed by atoms with van der Waals surface area (Å²) in [5.41, 5.74) is 0. The van der Waals surface area contributed by atoms with E-state index in [1.807, 2.05) is 21.1 Å². The number of nitrogens with zero attached hydrogens (tertiary/aromatic N) is 1. The molecule has 20 heavy (non-hydrogen) atoms. The summed E-state index contributed by atoms with van der Waals surface area (Å²) in [6.07, 6.45) is 0.615. The van der Waals surface area contributed by atoms with Crippen LogP contribution in [0, 0.1) is 5.92 Å². The van der Waals surface area contributed by atoms with E-state index in [4.69, 9.17) is 4.74 Å². The van der Waals surface area contributed by atoms with Gasteiger partial charge in [0.1, 0.15) is 6.04 Å². The molecule has 0 aromatic heterocycles. The summed E-state index contributed by atoms with van der Waals surface area (Å²) < 4.78 is 17.8. The van der Waals surface area contributed by atoms with Crippen LogP contribution in [-0.4, -0.2) is 61.5 Å². The molecular formula is C14H31NO4P+. The normalized spacial score (nSPS) is 18.4. The lowest BCUT2D eigenvalue weighted by Crippen LogP contribution is -2.54. The van der Waals surface area contributed by atoms with Crippen LogP contribution in [0.3, 0.4) is 0 Å². The largest absolute Gasteiger partial charge is 0.455 e. The molecule has 0 aliphatic carbocycles. The molecule has 0 saturated carbocycles. The maximum Gasteiger partial charge on any atom is 0.306 e. The fourth-order valence-electron chi connectivity index (χ4n) is 2.27. The first-order chi connectivity index (χ1) is 8.86. The molecule has 5 nitrogen and oxygen atoms in total. The highest BCUT2D eigenvalue weighted by molar-refractivity contribution is 7.57. The predicted molar refractivity (Wildman–Crippen MR) is 82.1 cm³/mol. The first kappa shape index (κ1) is 19.6. The predicted octanol–water partition coefficient (Wildman–Crippen LogP) is 2.33. The molecule has 0 aromatic carbocycles. The van der Waals surface area contributed by atoms with Crippen molar-refractivity contribution in [3.63, 3.8) is 0 Å². The van der Waals surface area contributed by atoms with Crippen LogP contribution in [-0.2, 0) is 14.1 Å². The van der Waals surface area contributed by atoms with E-state index in [2.05, 4.69) is 13.8 Å². The number of hydrogen-bond donors (Lipinski definition) is 1. The summed E-state index contributed by atoms with van der Waals surface area (Å²) in [7, 11) is 2.83. The van der Waals surface area contributed by atoms with Crippen LogP contribution in [0.25, 0.3) is 0 Å². The van der Waals surface area contributed by atoms with Gasteiger partial charge in [0.05, 0.1) is 27.3 Å². The van der Waals surface area contributed by atoms with E-state index in [1.54, 1.807) is 6.92 Å². The van der Waals surface area contributed by atoms with Gasteiger partial charge in [-0.3, -0.25) is 9.36 Å². The second-order valence-corrected chi connectivity index (χ2v) is 9.40. The second-order valence-electron chi connectivity index (χ2n) is 6.93. The van der Waals surface area contributed by atoms with Crippen LogP contribution in [0.2, 0.25) is 0 Å². The monoisotopic (exact) mass is 308 g/mol. The molecule has 0 heterocycles. The van der Waals surface area contributed by atoms with Crippen molar-refractivity contribution in [2.75, 3.05) is 34.0 Å². The molecule has 0 amide bonds. The van der Waals surface area contributed by atoms with Crippen molar-refractivity contribution in [3.8, 4) is 0 Å². The van der Waals surface area contributed by atoms with Crippen LogP contribution in [0.5, 0.6) is 0 Å². The van der Waals surface area contributed by atoms with Gasteiger partial charge >= 0.3 is 5.97 Å². The summed E-state index contributed by atoms with van der Waals surface area (Å²) in [5, 5.41) is 0. The Balaban J connectivity index is 5.28. The van der Waals surface area contributed by atoms with Gasteiger partial charge in [0.25, 0.3) is 0 Å². The maximum absolute atomic E-state index is 11.8. The Hall–Kier alpha value is -0.380. The van der Waals surface area contributed by atoms with Gasteiger partial charge in [-0.05, 0) is 5.92 Å². The molecule has 0 rings (SSSR count). The Morgan fingerprint density at radius 2 is 1.80 bits per heavy atom. The van der Waals surface area contributed by atoms with E-state index >= 15 is 0 Å². The summed E-state index contributed by atoms with van der Waals surface area (Å²) in [5.74, 6) is 0.112. The molecule has 3 unspecified atom stereocenters. The fourth-order valence-corrected chi connectivity index (χ4v) is 3.26. The molecule has 1 N–H and O–H groups in total. The topological polar surface area (TPSA) is 63.6 Å². The Morgan fingerprint density at radius 3 is 2.10 bits per heavy atom. The molecule has 0 bridgehead atoms. The third-order valence-corrected chi connectivity index (χ3v) is 4.26. The minimum absolute atomic E-state index is 0.00549. The number of quaternary nitrogens is 1. The van der Waals surface area contributed by atoms with E-state index in [1.165, 1.54) is 6.66 Å². The number of rotatable bonds is 8. The lowest BCUT2D eigenvalue weighted by atomic mass is 9.97. The number of carbonyl (C=O) groups is 1. The summed E-state index contributed by atoms with van der Waals surface area (Å²) in [6.45, 7) is 7.26. The zero-order valence-corrected chi connectivity index (χ0v) is 14.8. The van der Waals surface area contributed by atoms with Gasteiger partial charge in [0, 0.05) is 19.5 Å². The standard InChI is InChI=1S/C14H30NO4P/c1-8-14(16)19-13(10-20(7,17)18)12(9-11(2)3)15(4,5)6/h11-13H,8-10H2,1-7H3/p+1. The molecule has 6 heteroatoms. The first-order valence-corrected chi connectivity index (χ1v) is 9.46. The third kappa shape index (κ3) is 8.03. The van der Waals surface area contributed by atoms with Crippen LogP contribution in [0.4, 0.5) is 0 Å². The van der Waals surface area contributed by atoms with Crippen LogP contribution in [0.1, 0.15) is 33.6 Å². The summed E-state index contributed by atoms with van der Waals surface area (Å²) >= 11 is 0. The van der Waals surface area contributed by atoms with E-state index in [0.717, 1.165) is 6.42 Å². The van der Waals surface area contributed by atoms with Crippen molar-refractivity contribution in [2.45, 2.75) is 45.8 Å². The summed E-state index contributed by atoms with van der Waals surface area (Å²) in [4.78, 5) is 21.3. The third-order valence-electron chi connectivity index (χ3n) is 3.23. The molecule has 0 aliphatic rings. The van der Waals surface area contributed by atoms with Gasteiger partial charge in [-0.25, -0.2) is 0 Å². The number of likely N-dealkylation sites (N-methyl/N-ethyl adjacent to an activating group) is 1. The molecule has 0 saturated heterocycles. The molecule has 0 aromatic rings. The quantitative estimate of drug-likeness (QED) is 0.425. The number of hydrogen-bond acceptors (Lipinski definition) is 3. The fraction of sp³-hybridized carbons (Fsp3) is 0.929. The van der Waals surface area contributed by atoms with Crippen molar-refractivity contribution < 1.29 is 23.5 Å². The van der Waals surface area contributed by atoms with Gasteiger partial charge in [0.15, 0.2) is 6.10 Å². The Bertz CT molecular complexity index is 357. The highest BCUT2D eigenvalue weighted by atomic mass is 31.2. The van der Waals surface area contributed by atoms with Crippen molar-refractivity contribution >= 4 is 13.3 Å². The van der Waals surface area contributed by atoms with Gasteiger partial charge < -0.3 is 14.1 Å². The zero-order valence-electron chi connectivity index (χ0n) is 13.9. The first-order valence-electron chi connectivity index (χ1n) is 7.16. The lowest BCUT2D eigenvalue weighted by molar-refractivity contribution is -0.900. The summed E-state index contributed by atoms with van der Waals surface area (Å²) in [6, 6.07) is 0.00549. The lowest BCUT2D eigenvalue weighted by Gasteiger charge is -2.39. The molecule has 0 radical (unpaired) electrons. The van der Waals surface area contributed by atoms with Gasteiger partial charge in [-0.1, -0.05) is 20.8 Å². The van der Waals surface area contributed by atoms with Gasteiger partial charge in [-0.2, -0.15) is 0 Å². The van der Waals surface area contributed by atoms with Crippen molar-refractivity contribution in [1.82, 2.24) is 0 Å². The number of esters is 1. The van der Waals surface area contributed by atoms with Gasteiger partial charge in [0.2, 0.25) is 7.37 Å². The SMILES string of the molecule is CCC(=O)OC(CP(C)(=O)O)C(CC(C)C)[N+](C)(C)C. The average molecular weight is 308 g/mol. The number of carbonyl (C=O) groups excluding carboxylic acids is 1. The highest BCUT2D eigenvalue weighted by Crippen LogP contribution is 2.38. The molecule has 0 aliphatic heterocycles. The van der Waals surface area contributed by atoms with Crippen molar-refractivity contribution in [3.05, 3.63) is 0 Å². The van der Waals surface area contributed by atoms with Crippen molar-refractivity contribution in [1.29, 1.82) is 0 Å². The van der Waals surface area contributed by atoms with Crippen molar-refractivity contribution in [2.24, 2.45) is 5.92 Å². The van der Waals surface area contributed by atoms with Crippen LogP contribution in [0.15, 0.2) is 0 Å². The van der Waals surface area contributed by atoms with Gasteiger partial charge in [-0.15, -0.1) is 0 Å². The average Bonchev–Trinajstić information content (AvgIpc) is 2.21. The highest BCUT2D eigenvalue weighted by Gasteiger charge is 2.38. The molecular weight excluding hydrogens is 277 g/mol. The minimum atomic E-state index is -3.24. The van der Waals surface area contributed by atoms with Crippen LogP contribution < -0.4 is 0 Å². The smallest absolute Gasteiger partial charge is 0.306 e. The second kappa shape index (κ2) is 7.58. The molecule has 0 spiro atoms. The Labute approximate surface area is 123 Å². The Morgan fingerprint density at radius 1 is 1.30 bits per heavy atom. The minimum Gasteiger partial charge on any atom is -0.455 e. The Kier molecular flexibility index (Phi) is 7.43. The maximum atomic E-state index is 11.8. The molecule has 0 fully saturated rings. The van der Waals surface area contributed by atoms with Crippen LogP contribution >= 0.6 is 7.37 Å². The van der Waals surface area contributed by atoms with E-state index in [0.29, 0.717) is 10.4 Å². The van der Waals surface area contributed by atoms with E-state index in [9.17, 15) is 14.3 Å². The van der Waals surface area contributed by atoms with E-state index in [-0.39, 0.29) is 24.6 Å². The molecule has 120 valence electrons. The number of ether oxygens (including phenoxy) is 1.